The summed E-state index contributed by atoms with van der Waals surface area (Å²) >= 11 is 0. The second-order valence-electron chi connectivity index (χ2n) is 4.04. The molecule has 0 amide bonds. The van der Waals surface area contributed by atoms with Gasteiger partial charge in [-0.2, -0.15) is 5.10 Å². The van der Waals surface area contributed by atoms with E-state index in [0.29, 0.717) is 12.3 Å². The van der Waals surface area contributed by atoms with Crippen LogP contribution in [-0.4, -0.2) is 16.4 Å². The van der Waals surface area contributed by atoms with E-state index < -0.39 is 0 Å². The number of nitrogens with two attached hydrogens (primary N) is 1. The molecule has 0 saturated carbocycles. The van der Waals surface area contributed by atoms with Crippen molar-refractivity contribution in [3.8, 4) is 5.75 Å². The van der Waals surface area contributed by atoms with E-state index in [0.717, 1.165) is 23.4 Å². The highest BCUT2D eigenvalue weighted by Gasteiger charge is 2.04. The zero-order valence-electron chi connectivity index (χ0n) is 10.2. The molecule has 0 atom stereocenters. The lowest BCUT2D eigenvalue weighted by Crippen LogP contribution is -2.07. The molecule has 0 aliphatic carbocycles. The molecule has 2 rings (SSSR count). The molecule has 0 saturated heterocycles. The van der Waals surface area contributed by atoms with Gasteiger partial charge in [-0.05, 0) is 24.6 Å². The minimum absolute atomic E-state index is 0.606. The molecule has 0 bridgehead atoms. The number of aryl methyl sites for hydroxylation is 2. The first kappa shape index (κ1) is 11.5. The van der Waals surface area contributed by atoms with Crippen LogP contribution in [0.5, 0.6) is 5.75 Å². The molecule has 17 heavy (non-hydrogen) atoms. The highest BCUT2D eigenvalue weighted by molar-refractivity contribution is 5.56. The van der Waals surface area contributed by atoms with Crippen LogP contribution in [0.3, 0.4) is 0 Å². The zero-order valence-corrected chi connectivity index (χ0v) is 10.2. The maximum absolute atomic E-state index is 5.87. The Kier molecular flexibility index (Phi) is 3.32. The van der Waals surface area contributed by atoms with Crippen LogP contribution in [0.1, 0.15) is 11.3 Å². The lowest BCUT2D eigenvalue weighted by molar-refractivity contribution is 0.318. The standard InChI is InChI=1S/C13H17N3O/c1-10-4-3-5-12(14)13(10)17-9-7-11-6-8-15-16(11)2/h3-6,8H,7,9,14H2,1-2H3. The fourth-order valence-electron chi connectivity index (χ4n) is 1.78. The Balaban J connectivity index is 1.97. The van der Waals surface area contributed by atoms with Gasteiger partial charge in [0, 0.05) is 25.4 Å². The van der Waals surface area contributed by atoms with E-state index >= 15 is 0 Å². The summed E-state index contributed by atoms with van der Waals surface area (Å²) in [6.07, 6.45) is 2.61. The normalized spacial score (nSPS) is 10.5. The number of anilines is 1. The van der Waals surface area contributed by atoms with Crippen LogP contribution in [0.25, 0.3) is 0 Å². The fourth-order valence-corrected chi connectivity index (χ4v) is 1.78. The predicted octanol–water partition coefficient (Wildman–Crippen LogP) is 1.93. The van der Waals surface area contributed by atoms with Gasteiger partial charge in [-0.3, -0.25) is 4.68 Å². The summed E-state index contributed by atoms with van der Waals surface area (Å²) < 4.78 is 7.58. The van der Waals surface area contributed by atoms with Gasteiger partial charge in [-0.15, -0.1) is 0 Å². The van der Waals surface area contributed by atoms with Crippen molar-refractivity contribution in [3.05, 3.63) is 41.7 Å². The van der Waals surface area contributed by atoms with Gasteiger partial charge in [-0.25, -0.2) is 0 Å². The van der Waals surface area contributed by atoms with Crippen molar-refractivity contribution in [2.75, 3.05) is 12.3 Å². The van der Waals surface area contributed by atoms with Gasteiger partial charge in [0.2, 0.25) is 0 Å². The van der Waals surface area contributed by atoms with Crippen molar-refractivity contribution >= 4 is 5.69 Å². The van der Waals surface area contributed by atoms with Crippen LogP contribution in [0, 0.1) is 6.92 Å². The third-order valence-corrected chi connectivity index (χ3v) is 2.77. The third-order valence-electron chi connectivity index (χ3n) is 2.77. The van der Waals surface area contributed by atoms with E-state index in [2.05, 4.69) is 5.10 Å². The monoisotopic (exact) mass is 231 g/mol. The molecule has 0 radical (unpaired) electrons. The second-order valence-corrected chi connectivity index (χ2v) is 4.04. The maximum atomic E-state index is 5.87. The molecule has 90 valence electrons. The number of aromatic nitrogens is 2. The summed E-state index contributed by atoms with van der Waals surface area (Å²) in [4.78, 5) is 0. The van der Waals surface area contributed by atoms with Crippen LogP contribution >= 0.6 is 0 Å². The van der Waals surface area contributed by atoms with Gasteiger partial charge < -0.3 is 10.5 Å². The van der Waals surface area contributed by atoms with Crippen molar-refractivity contribution in [2.24, 2.45) is 7.05 Å². The van der Waals surface area contributed by atoms with Gasteiger partial charge >= 0.3 is 0 Å². The van der Waals surface area contributed by atoms with Crippen LogP contribution in [0.15, 0.2) is 30.5 Å². The summed E-state index contributed by atoms with van der Waals surface area (Å²) in [5.74, 6) is 0.787. The number of benzene rings is 1. The van der Waals surface area contributed by atoms with E-state index in [-0.39, 0.29) is 0 Å². The predicted molar refractivity (Wildman–Crippen MR) is 68.0 cm³/mol. The van der Waals surface area contributed by atoms with E-state index in [1.54, 1.807) is 6.20 Å². The molecular formula is C13H17N3O. The van der Waals surface area contributed by atoms with Crippen molar-refractivity contribution in [1.29, 1.82) is 0 Å². The molecule has 0 aliphatic heterocycles. The molecule has 0 aliphatic rings. The van der Waals surface area contributed by atoms with Crippen LogP contribution < -0.4 is 10.5 Å². The largest absolute Gasteiger partial charge is 0.491 e. The molecule has 0 unspecified atom stereocenters. The Labute approximate surface area is 101 Å². The van der Waals surface area contributed by atoms with Crippen LogP contribution in [0.4, 0.5) is 5.69 Å². The van der Waals surface area contributed by atoms with Gasteiger partial charge in [0.25, 0.3) is 0 Å². The summed E-state index contributed by atoms with van der Waals surface area (Å²) in [5.41, 5.74) is 8.77. The van der Waals surface area contributed by atoms with Gasteiger partial charge in [-0.1, -0.05) is 12.1 Å². The van der Waals surface area contributed by atoms with Crippen molar-refractivity contribution in [1.82, 2.24) is 9.78 Å². The zero-order chi connectivity index (χ0) is 12.3. The van der Waals surface area contributed by atoms with Gasteiger partial charge in [0.05, 0.1) is 12.3 Å². The average molecular weight is 231 g/mol. The minimum Gasteiger partial charge on any atom is -0.491 e. The smallest absolute Gasteiger partial charge is 0.145 e. The molecule has 2 N–H and O–H groups in total. The molecule has 4 heteroatoms. The van der Waals surface area contributed by atoms with Crippen molar-refractivity contribution in [2.45, 2.75) is 13.3 Å². The summed E-state index contributed by atoms with van der Waals surface area (Å²) in [7, 11) is 1.93. The number of para-hydroxylation sites is 1. The molecule has 0 fully saturated rings. The maximum Gasteiger partial charge on any atom is 0.145 e. The number of hydrogen-bond acceptors (Lipinski definition) is 3. The average Bonchev–Trinajstić information content (AvgIpc) is 2.69. The first-order valence-electron chi connectivity index (χ1n) is 5.63. The Bertz CT molecular complexity index is 485. The number of nitrogen functional groups attached to an aromatic ring is 1. The quantitative estimate of drug-likeness (QED) is 0.818. The third kappa shape index (κ3) is 2.58. The number of ether oxygens (including phenoxy) is 1. The molecule has 0 spiro atoms. The highest BCUT2D eigenvalue weighted by atomic mass is 16.5. The lowest BCUT2D eigenvalue weighted by Gasteiger charge is -2.11. The second kappa shape index (κ2) is 4.91. The SMILES string of the molecule is Cc1cccc(N)c1OCCc1ccnn1C. The fraction of sp³-hybridized carbons (Fsp3) is 0.308. The summed E-state index contributed by atoms with van der Waals surface area (Å²) in [5, 5.41) is 4.11. The first-order chi connectivity index (χ1) is 8.18. The summed E-state index contributed by atoms with van der Waals surface area (Å²) in [6.45, 7) is 2.60. The Morgan fingerprint density at radius 2 is 2.18 bits per heavy atom. The van der Waals surface area contributed by atoms with Gasteiger partial charge in [0.1, 0.15) is 5.75 Å². The molecule has 4 nitrogen and oxygen atoms in total. The van der Waals surface area contributed by atoms with Crippen molar-refractivity contribution < 1.29 is 4.74 Å². The molecule has 1 heterocycles. The Hall–Kier alpha value is -1.97. The van der Waals surface area contributed by atoms with E-state index in [4.69, 9.17) is 10.5 Å². The lowest BCUT2D eigenvalue weighted by atomic mass is 10.2. The van der Waals surface area contributed by atoms with E-state index in [1.807, 2.05) is 42.9 Å². The molecule has 1 aromatic heterocycles. The number of hydrogen-bond donors (Lipinski definition) is 1. The van der Waals surface area contributed by atoms with E-state index in [1.165, 1.54) is 0 Å². The van der Waals surface area contributed by atoms with Crippen LogP contribution in [0.2, 0.25) is 0 Å². The van der Waals surface area contributed by atoms with Crippen LogP contribution in [-0.2, 0) is 13.5 Å². The molecule has 1 aromatic carbocycles. The van der Waals surface area contributed by atoms with Crippen molar-refractivity contribution in [3.63, 3.8) is 0 Å². The van der Waals surface area contributed by atoms with E-state index in [9.17, 15) is 0 Å². The highest BCUT2D eigenvalue weighted by Crippen LogP contribution is 2.25. The molecular weight excluding hydrogens is 214 g/mol. The number of rotatable bonds is 4. The molecule has 2 aromatic rings. The Morgan fingerprint density at radius 3 is 2.82 bits per heavy atom. The topological polar surface area (TPSA) is 53.1 Å². The first-order valence-corrected chi connectivity index (χ1v) is 5.63. The minimum atomic E-state index is 0.606. The van der Waals surface area contributed by atoms with Gasteiger partial charge in [0.15, 0.2) is 0 Å². The Morgan fingerprint density at radius 1 is 1.35 bits per heavy atom. The number of nitrogens with zero attached hydrogens (tertiary/aromatic N) is 2. The summed E-state index contributed by atoms with van der Waals surface area (Å²) in [6, 6.07) is 7.77.